The zero-order valence-electron chi connectivity index (χ0n) is 13.1. The van der Waals surface area contributed by atoms with Crippen molar-refractivity contribution in [2.45, 2.75) is 31.9 Å². The fourth-order valence-corrected chi connectivity index (χ4v) is 2.90. The number of hydrogen-bond donors (Lipinski definition) is 3. The average Bonchev–Trinajstić information content (AvgIpc) is 2.87. The molecule has 2 heterocycles. The second kappa shape index (κ2) is 5.96. The second-order valence-electron chi connectivity index (χ2n) is 6.04. The molecule has 3 rings (SSSR count). The van der Waals surface area contributed by atoms with Gasteiger partial charge in [0.25, 0.3) is 5.91 Å². The third-order valence-corrected chi connectivity index (χ3v) is 4.10. The number of amides is 1. The summed E-state index contributed by atoms with van der Waals surface area (Å²) in [6.07, 6.45) is 4.62. The van der Waals surface area contributed by atoms with Crippen LogP contribution in [0.1, 0.15) is 40.6 Å². The molecule has 1 saturated carbocycles. The van der Waals surface area contributed by atoms with Gasteiger partial charge < -0.3 is 16.2 Å². The molecule has 0 spiro atoms. The Labute approximate surface area is 133 Å². The molecule has 122 valence electrons. The van der Waals surface area contributed by atoms with E-state index in [1.54, 1.807) is 23.9 Å². The number of nitrogen functional groups attached to an aromatic ring is 1. The third kappa shape index (κ3) is 3.31. The van der Waals surface area contributed by atoms with Gasteiger partial charge in [-0.05, 0) is 31.7 Å². The van der Waals surface area contributed by atoms with Gasteiger partial charge in [-0.3, -0.25) is 9.48 Å². The van der Waals surface area contributed by atoms with Gasteiger partial charge in [0.05, 0.1) is 18.3 Å². The lowest BCUT2D eigenvalue weighted by Crippen LogP contribution is -2.41. The van der Waals surface area contributed by atoms with E-state index in [1.165, 1.54) is 0 Å². The number of aliphatic hydroxyl groups is 1. The lowest BCUT2D eigenvalue weighted by atomic mass is 9.75. The number of hydrogen-bond acceptors (Lipinski definition) is 6. The quantitative estimate of drug-likeness (QED) is 0.748. The Bertz CT molecular complexity index is 702. The standard InChI is InChI=1S/C15H20N6O2/c1-8-3-12(19-15(16)18-8)14(23)20-13(9-4-11(22)5-9)10-6-17-21(2)7-10/h3,6-7,9,11,13,22H,4-5H2,1-2H3,(H,20,23)(H2,16,18,19). The Balaban J connectivity index is 1.81. The predicted octanol–water partition coefficient (Wildman–Crippen LogP) is 0.343. The highest BCUT2D eigenvalue weighted by Crippen LogP contribution is 2.38. The predicted molar refractivity (Wildman–Crippen MR) is 83.3 cm³/mol. The summed E-state index contributed by atoms with van der Waals surface area (Å²) >= 11 is 0. The Kier molecular flexibility index (Phi) is 3.99. The second-order valence-corrected chi connectivity index (χ2v) is 6.04. The number of rotatable bonds is 4. The lowest BCUT2D eigenvalue weighted by molar-refractivity contribution is 0.0234. The third-order valence-electron chi connectivity index (χ3n) is 4.10. The SMILES string of the molecule is Cc1cc(C(=O)NC(c2cnn(C)c2)C2CC(O)C2)nc(N)n1. The summed E-state index contributed by atoms with van der Waals surface area (Å²) in [5.41, 5.74) is 7.40. The minimum Gasteiger partial charge on any atom is -0.393 e. The lowest BCUT2D eigenvalue weighted by Gasteiger charge is -2.37. The number of nitrogens with two attached hydrogens (primary N) is 1. The first-order chi connectivity index (χ1) is 10.9. The number of aliphatic hydroxyl groups excluding tert-OH is 1. The zero-order valence-corrected chi connectivity index (χ0v) is 13.1. The van der Waals surface area contributed by atoms with Crippen LogP contribution in [0.2, 0.25) is 0 Å². The number of anilines is 1. The van der Waals surface area contributed by atoms with E-state index in [2.05, 4.69) is 20.4 Å². The summed E-state index contributed by atoms with van der Waals surface area (Å²) in [4.78, 5) is 20.5. The van der Waals surface area contributed by atoms with Crippen molar-refractivity contribution < 1.29 is 9.90 Å². The van der Waals surface area contributed by atoms with Crippen molar-refractivity contribution in [3.63, 3.8) is 0 Å². The molecule has 23 heavy (non-hydrogen) atoms. The van der Waals surface area contributed by atoms with E-state index >= 15 is 0 Å². The van der Waals surface area contributed by atoms with Gasteiger partial charge in [-0.25, -0.2) is 9.97 Å². The summed E-state index contributed by atoms with van der Waals surface area (Å²) < 4.78 is 1.69. The Morgan fingerprint density at radius 2 is 2.22 bits per heavy atom. The molecule has 1 fully saturated rings. The van der Waals surface area contributed by atoms with Crippen LogP contribution >= 0.6 is 0 Å². The zero-order chi connectivity index (χ0) is 16.6. The van der Waals surface area contributed by atoms with Crippen LogP contribution in [0, 0.1) is 12.8 Å². The van der Waals surface area contributed by atoms with Crippen LogP contribution in [0.5, 0.6) is 0 Å². The van der Waals surface area contributed by atoms with Gasteiger partial charge in [-0.1, -0.05) is 0 Å². The van der Waals surface area contributed by atoms with Crippen LogP contribution < -0.4 is 11.1 Å². The number of carbonyl (C=O) groups excluding carboxylic acids is 1. The molecule has 0 saturated heterocycles. The number of aryl methyl sites for hydroxylation is 2. The van der Waals surface area contributed by atoms with Crippen molar-refractivity contribution >= 4 is 11.9 Å². The summed E-state index contributed by atoms with van der Waals surface area (Å²) in [7, 11) is 1.83. The summed E-state index contributed by atoms with van der Waals surface area (Å²) in [6, 6.07) is 1.39. The van der Waals surface area contributed by atoms with Crippen LogP contribution in [-0.2, 0) is 7.05 Å². The molecule has 4 N–H and O–H groups in total. The molecule has 1 atom stereocenters. The molecule has 8 nitrogen and oxygen atoms in total. The minimum atomic E-state index is -0.308. The van der Waals surface area contributed by atoms with E-state index in [0.29, 0.717) is 18.5 Å². The normalized spacial score (nSPS) is 21.5. The molecular formula is C15H20N6O2. The van der Waals surface area contributed by atoms with E-state index in [4.69, 9.17) is 5.73 Å². The Hall–Kier alpha value is -2.48. The number of carbonyl (C=O) groups is 1. The molecule has 1 unspecified atom stereocenters. The van der Waals surface area contributed by atoms with Crippen molar-refractivity contribution in [1.29, 1.82) is 0 Å². The topological polar surface area (TPSA) is 119 Å². The minimum absolute atomic E-state index is 0.0761. The van der Waals surface area contributed by atoms with Gasteiger partial charge in [-0.15, -0.1) is 0 Å². The highest BCUT2D eigenvalue weighted by atomic mass is 16.3. The largest absolute Gasteiger partial charge is 0.393 e. The fourth-order valence-electron chi connectivity index (χ4n) is 2.90. The summed E-state index contributed by atoms with van der Waals surface area (Å²) in [5, 5.41) is 16.7. The van der Waals surface area contributed by atoms with E-state index in [9.17, 15) is 9.90 Å². The van der Waals surface area contributed by atoms with Crippen molar-refractivity contribution in [2.75, 3.05) is 5.73 Å². The maximum Gasteiger partial charge on any atom is 0.270 e. The van der Waals surface area contributed by atoms with Crippen molar-refractivity contribution in [2.24, 2.45) is 13.0 Å². The fraction of sp³-hybridized carbons (Fsp3) is 0.467. The van der Waals surface area contributed by atoms with Crippen molar-refractivity contribution in [3.05, 3.63) is 35.4 Å². The van der Waals surface area contributed by atoms with E-state index < -0.39 is 0 Å². The van der Waals surface area contributed by atoms with Crippen LogP contribution in [0.4, 0.5) is 5.95 Å². The molecule has 2 aromatic heterocycles. The van der Waals surface area contributed by atoms with Crippen LogP contribution in [0.15, 0.2) is 18.5 Å². The first kappa shape index (κ1) is 15.4. The van der Waals surface area contributed by atoms with Crippen LogP contribution in [-0.4, -0.2) is 36.9 Å². The van der Waals surface area contributed by atoms with Gasteiger partial charge in [0.2, 0.25) is 5.95 Å². The van der Waals surface area contributed by atoms with E-state index in [-0.39, 0.29) is 35.6 Å². The van der Waals surface area contributed by atoms with E-state index in [1.807, 2.05) is 13.2 Å². The number of aromatic nitrogens is 4. The van der Waals surface area contributed by atoms with Gasteiger partial charge in [0.1, 0.15) is 5.69 Å². The molecule has 0 radical (unpaired) electrons. The monoisotopic (exact) mass is 316 g/mol. The van der Waals surface area contributed by atoms with Crippen molar-refractivity contribution in [3.8, 4) is 0 Å². The van der Waals surface area contributed by atoms with Gasteiger partial charge >= 0.3 is 0 Å². The maximum absolute atomic E-state index is 12.5. The Morgan fingerprint density at radius 3 is 2.78 bits per heavy atom. The smallest absolute Gasteiger partial charge is 0.270 e. The molecule has 1 amide bonds. The first-order valence-electron chi connectivity index (χ1n) is 7.51. The first-order valence-corrected chi connectivity index (χ1v) is 7.51. The summed E-state index contributed by atoms with van der Waals surface area (Å²) in [6.45, 7) is 1.76. The molecule has 0 aromatic carbocycles. The van der Waals surface area contributed by atoms with Gasteiger partial charge in [0.15, 0.2) is 0 Å². The van der Waals surface area contributed by atoms with Crippen molar-refractivity contribution in [1.82, 2.24) is 25.1 Å². The average molecular weight is 316 g/mol. The highest BCUT2D eigenvalue weighted by Gasteiger charge is 2.36. The molecule has 2 aromatic rings. The molecule has 0 bridgehead atoms. The van der Waals surface area contributed by atoms with Gasteiger partial charge in [-0.2, -0.15) is 5.10 Å². The molecule has 0 aliphatic heterocycles. The molecular weight excluding hydrogens is 296 g/mol. The molecule has 1 aliphatic carbocycles. The molecule has 8 heteroatoms. The summed E-state index contributed by atoms with van der Waals surface area (Å²) in [5.74, 6) is -0.0528. The Morgan fingerprint density at radius 1 is 1.48 bits per heavy atom. The number of nitrogens with zero attached hydrogens (tertiary/aromatic N) is 4. The van der Waals surface area contributed by atoms with Crippen LogP contribution in [0.3, 0.4) is 0 Å². The van der Waals surface area contributed by atoms with E-state index in [0.717, 1.165) is 5.56 Å². The van der Waals surface area contributed by atoms with Gasteiger partial charge in [0, 0.05) is 24.5 Å². The maximum atomic E-state index is 12.5. The highest BCUT2D eigenvalue weighted by molar-refractivity contribution is 5.92. The van der Waals surface area contributed by atoms with Crippen LogP contribution in [0.25, 0.3) is 0 Å². The molecule has 1 aliphatic rings. The number of nitrogens with one attached hydrogen (secondary N) is 1.